The van der Waals surface area contributed by atoms with Crippen molar-refractivity contribution in [2.45, 2.75) is 0 Å². The molecule has 0 spiro atoms. The summed E-state index contributed by atoms with van der Waals surface area (Å²) < 4.78 is 4.77. The maximum atomic E-state index is 2.39. The quantitative estimate of drug-likeness (QED) is 0.221. The number of fused-ring (bicyclic) bond motifs is 6. The summed E-state index contributed by atoms with van der Waals surface area (Å²) in [6.45, 7) is 0. The van der Waals surface area contributed by atoms with E-state index in [4.69, 9.17) is 0 Å². The van der Waals surface area contributed by atoms with Crippen molar-refractivity contribution < 1.29 is 0 Å². The van der Waals surface area contributed by atoms with Crippen LogP contribution in [0.5, 0.6) is 0 Å². The fourth-order valence-corrected chi connectivity index (χ4v) is 6.29. The van der Waals surface area contributed by atoms with Crippen LogP contribution in [0.4, 0.5) is 0 Å². The van der Waals surface area contributed by atoms with Crippen LogP contribution in [0.2, 0.25) is 0 Å². The number of para-hydroxylation sites is 3. The van der Waals surface area contributed by atoms with Gasteiger partial charge in [-0.25, -0.2) is 0 Å². The molecule has 0 aliphatic rings. The van der Waals surface area contributed by atoms with Gasteiger partial charge in [-0.2, -0.15) is 0 Å². The van der Waals surface area contributed by atoms with Crippen LogP contribution in [0.3, 0.4) is 0 Å². The topological polar surface area (TPSA) is 9.86 Å². The predicted octanol–water partition coefficient (Wildman–Crippen LogP) is 7.81. The molecule has 0 atom stereocenters. The Morgan fingerprint density at radius 1 is 0.385 bits per heavy atom. The summed E-state index contributed by atoms with van der Waals surface area (Å²) in [6, 6.07) is 50.5. The summed E-state index contributed by atoms with van der Waals surface area (Å²) in [5.41, 5.74) is 11.0. The van der Waals surface area contributed by atoms with Crippen LogP contribution in [-0.4, -0.2) is 17.0 Å². The normalized spacial score (nSPS) is 11.7. The second kappa shape index (κ2) is 8.51. The Morgan fingerprint density at radius 2 is 0.949 bits per heavy atom. The minimum atomic E-state index is 1.18. The maximum Gasteiger partial charge on any atom is 0.140 e. The molecule has 0 unspecified atom stereocenters. The fourth-order valence-electron chi connectivity index (χ4n) is 6.29. The average molecular weight is 496 g/mol. The molecular formula is C36H25BN2. The molecule has 0 saturated carbocycles. The monoisotopic (exact) mass is 496 g/mol. The number of rotatable bonds is 3. The largest absolute Gasteiger partial charge is 0.309 e. The van der Waals surface area contributed by atoms with E-state index in [1.54, 1.807) is 0 Å². The smallest absolute Gasteiger partial charge is 0.140 e. The van der Waals surface area contributed by atoms with Crippen LogP contribution in [0.15, 0.2) is 140 Å². The van der Waals surface area contributed by atoms with E-state index < -0.39 is 0 Å². The Balaban J connectivity index is 1.40. The lowest BCUT2D eigenvalue weighted by Crippen LogP contribution is -2.02. The van der Waals surface area contributed by atoms with Gasteiger partial charge in [0.1, 0.15) is 7.85 Å². The van der Waals surface area contributed by atoms with Crippen LogP contribution in [0.25, 0.3) is 66.1 Å². The van der Waals surface area contributed by atoms with Gasteiger partial charge < -0.3 is 9.13 Å². The van der Waals surface area contributed by atoms with Gasteiger partial charge in [0.05, 0.1) is 22.1 Å². The van der Waals surface area contributed by atoms with E-state index in [9.17, 15) is 0 Å². The van der Waals surface area contributed by atoms with Gasteiger partial charge >= 0.3 is 0 Å². The Hall–Kier alpha value is -5.02. The first-order valence-corrected chi connectivity index (χ1v) is 13.5. The molecule has 0 amide bonds. The Kier molecular flexibility index (Phi) is 4.80. The molecule has 8 aromatic rings. The van der Waals surface area contributed by atoms with Crippen LogP contribution < -0.4 is 5.46 Å². The third-order valence-electron chi connectivity index (χ3n) is 8.03. The van der Waals surface area contributed by atoms with Crippen molar-refractivity contribution in [2.75, 3.05) is 0 Å². The molecule has 0 aliphatic carbocycles. The molecule has 8 rings (SSSR count). The number of benzene rings is 6. The van der Waals surface area contributed by atoms with Crippen LogP contribution in [-0.2, 0) is 0 Å². The van der Waals surface area contributed by atoms with Crippen LogP contribution in [0, 0.1) is 0 Å². The molecule has 6 aromatic carbocycles. The highest BCUT2D eigenvalue weighted by atomic mass is 15.0. The van der Waals surface area contributed by atoms with E-state index in [0.717, 1.165) is 0 Å². The molecule has 2 nitrogen and oxygen atoms in total. The SMILES string of the molecule is Bc1cccc2c1c1cc(-c3ccc4c5ccccc5n(-c5ccccc5)c4c3)ccc1n2-c1ccccc1. The van der Waals surface area contributed by atoms with Crippen molar-refractivity contribution in [3.05, 3.63) is 140 Å². The van der Waals surface area contributed by atoms with Crippen molar-refractivity contribution in [3.8, 4) is 22.5 Å². The molecular weight excluding hydrogens is 471 g/mol. The molecule has 0 saturated heterocycles. The molecule has 182 valence electrons. The Bertz CT molecular complexity index is 2170. The van der Waals surface area contributed by atoms with E-state index in [1.165, 1.54) is 71.6 Å². The van der Waals surface area contributed by atoms with Crippen LogP contribution >= 0.6 is 0 Å². The molecule has 0 radical (unpaired) electrons. The highest BCUT2D eigenvalue weighted by molar-refractivity contribution is 6.41. The third-order valence-corrected chi connectivity index (χ3v) is 8.03. The van der Waals surface area contributed by atoms with Gasteiger partial charge in [-0.15, -0.1) is 0 Å². The first-order valence-electron chi connectivity index (χ1n) is 13.5. The van der Waals surface area contributed by atoms with E-state index in [1.807, 2.05) is 0 Å². The van der Waals surface area contributed by atoms with E-state index >= 15 is 0 Å². The van der Waals surface area contributed by atoms with Crippen molar-refractivity contribution >= 4 is 56.9 Å². The van der Waals surface area contributed by atoms with E-state index in [2.05, 4.69) is 157 Å². The number of hydrogen-bond acceptors (Lipinski definition) is 0. The maximum absolute atomic E-state index is 2.39. The lowest BCUT2D eigenvalue weighted by molar-refractivity contribution is 1.18. The number of nitrogens with zero attached hydrogens (tertiary/aromatic N) is 2. The van der Waals surface area contributed by atoms with Gasteiger partial charge in [0.15, 0.2) is 0 Å². The summed E-state index contributed by atoms with van der Waals surface area (Å²) >= 11 is 0. The van der Waals surface area contributed by atoms with Gasteiger partial charge in [-0.05, 0) is 65.7 Å². The predicted molar refractivity (Wildman–Crippen MR) is 169 cm³/mol. The Labute approximate surface area is 227 Å². The highest BCUT2D eigenvalue weighted by Crippen LogP contribution is 2.37. The summed E-state index contributed by atoms with van der Waals surface area (Å²) in [5.74, 6) is 0. The first kappa shape index (κ1) is 22.0. The number of hydrogen-bond donors (Lipinski definition) is 0. The molecule has 0 N–H and O–H groups in total. The Morgan fingerprint density at radius 3 is 1.72 bits per heavy atom. The van der Waals surface area contributed by atoms with Crippen molar-refractivity contribution in [1.82, 2.24) is 9.13 Å². The summed E-state index contributed by atoms with van der Waals surface area (Å²) in [6.07, 6.45) is 0. The zero-order valence-electron chi connectivity index (χ0n) is 21.7. The minimum Gasteiger partial charge on any atom is -0.309 e. The molecule has 0 aliphatic heterocycles. The molecule has 39 heavy (non-hydrogen) atoms. The first-order chi connectivity index (χ1) is 19.3. The standard InChI is InChI=1S/C36H25BN2/c37-31-15-9-17-34-36(31)30-22-24(19-21-33(30)38(34)26-10-3-1-4-11-26)25-18-20-29-28-14-7-8-16-32(28)39(35(29)23-25)27-12-5-2-6-13-27/h1-23H,37H2. The van der Waals surface area contributed by atoms with E-state index in [0.29, 0.717) is 0 Å². The second-order valence-corrected chi connectivity index (χ2v) is 10.3. The zero-order valence-corrected chi connectivity index (χ0v) is 21.7. The fraction of sp³-hybridized carbons (Fsp3) is 0. The summed E-state index contributed by atoms with van der Waals surface area (Å²) in [4.78, 5) is 0. The van der Waals surface area contributed by atoms with Crippen molar-refractivity contribution in [2.24, 2.45) is 0 Å². The zero-order chi connectivity index (χ0) is 25.9. The van der Waals surface area contributed by atoms with Gasteiger partial charge in [0, 0.05) is 32.9 Å². The van der Waals surface area contributed by atoms with Gasteiger partial charge in [-0.1, -0.05) is 90.4 Å². The average Bonchev–Trinajstić information content (AvgIpc) is 3.51. The minimum absolute atomic E-state index is 1.18. The van der Waals surface area contributed by atoms with Crippen molar-refractivity contribution in [1.29, 1.82) is 0 Å². The molecule has 3 heteroatoms. The highest BCUT2D eigenvalue weighted by Gasteiger charge is 2.16. The molecule has 2 aromatic heterocycles. The summed E-state index contributed by atoms with van der Waals surface area (Å²) in [7, 11) is 2.22. The van der Waals surface area contributed by atoms with Crippen molar-refractivity contribution in [3.63, 3.8) is 0 Å². The molecule has 0 bridgehead atoms. The third kappa shape index (κ3) is 3.30. The van der Waals surface area contributed by atoms with Crippen LogP contribution in [0.1, 0.15) is 0 Å². The second-order valence-electron chi connectivity index (χ2n) is 10.3. The lowest BCUT2D eigenvalue weighted by Gasteiger charge is -2.10. The molecule has 0 fully saturated rings. The number of aromatic nitrogens is 2. The van der Waals surface area contributed by atoms with Gasteiger partial charge in [-0.3, -0.25) is 0 Å². The van der Waals surface area contributed by atoms with E-state index in [-0.39, 0.29) is 0 Å². The van der Waals surface area contributed by atoms with Gasteiger partial charge in [0.2, 0.25) is 0 Å². The lowest BCUT2D eigenvalue weighted by atomic mass is 9.90. The van der Waals surface area contributed by atoms with Gasteiger partial charge in [0.25, 0.3) is 0 Å². The molecule has 2 heterocycles. The summed E-state index contributed by atoms with van der Waals surface area (Å²) in [5, 5.41) is 5.15.